The molecule has 0 spiro atoms. The molecule has 1 aliphatic heterocycles. The van der Waals surface area contributed by atoms with Gasteiger partial charge in [0, 0.05) is 17.5 Å². The third kappa shape index (κ3) is 3.83. The predicted octanol–water partition coefficient (Wildman–Crippen LogP) is 3.11. The zero-order chi connectivity index (χ0) is 16.3. The Labute approximate surface area is 135 Å². The van der Waals surface area contributed by atoms with Crippen molar-refractivity contribution < 1.29 is 14.7 Å². The minimum absolute atomic E-state index is 0.0318. The van der Waals surface area contributed by atoms with Gasteiger partial charge in [-0.15, -0.1) is 11.8 Å². The lowest BCUT2D eigenvalue weighted by atomic mass is 9.90. The van der Waals surface area contributed by atoms with Crippen molar-refractivity contribution in [2.75, 3.05) is 12.3 Å². The van der Waals surface area contributed by atoms with Crippen molar-refractivity contribution in [3.05, 3.63) is 29.3 Å². The molecule has 120 valence electrons. The zero-order valence-corrected chi connectivity index (χ0v) is 14.2. The molecule has 0 unspecified atom stereocenters. The molecule has 4 nitrogen and oxygen atoms in total. The number of hydrogen-bond donors (Lipinski definition) is 1. The summed E-state index contributed by atoms with van der Waals surface area (Å²) < 4.78 is 0. The van der Waals surface area contributed by atoms with E-state index in [4.69, 9.17) is 0 Å². The SMILES string of the molecule is Cc1ccc(C)c(SCC(=O)N2CCC[C@@H](C(=O)O)[C@H]2C)c1. The van der Waals surface area contributed by atoms with Gasteiger partial charge in [0.1, 0.15) is 0 Å². The van der Waals surface area contributed by atoms with Gasteiger partial charge in [-0.2, -0.15) is 0 Å². The highest BCUT2D eigenvalue weighted by Crippen LogP contribution is 2.27. The molecule has 1 saturated heterocycles. The molecule has 2 atom stereocenters. The van der Waals surface area contributed by atoms with Crippen LogP contribution in [-0.4, -0.2) is 40.2 Å². The Morgan fingerprint density at radius 1 is 1.36 bits per heavy atom. The third-order valence-corrected chi connectivity index (χ3v) is 5.46. The molecule has 1 aromatic carbocycles. The Morgan fingerprint density at radius 2 is 2.09 bits per heavy atom. The fraction of sp³-hybridized carbons (Fsp3) is 0.529. The van der Waals surface area contributed by atoms with E-state index in [1.807, 2.05) is 20.8 Å². The van der Waals surface area contributed by atoms with Crippen molar-refractivity contribution >= 4 is 23.6 Å². The summed E-state index contributed by atoms with van der Waals surface area (Å²) in [5, 5.41) is 9.24. The number of aryl methyl sites for hydroxylation is 2. The van der Waals surface area contributed by atoms with Gasteiger partial charge < -0.3 is 10.0 Å². The van der Waals surface area contributed by atoms with E-state index < -0.39 is 11.9 Å². The van der Waals surface area contributed by atoms with Crippen LogP contribution in [0.4, 0.5) is 0 Å². The van der Waals surface area contributed by atoms with Gasteiger partial charge in [0.15, 0.2) is 0 Å². The van der Waals surface area contributed by atoms with Crippen LogP contribution in [0.3, 0.4) is 0 Å². The number of likely N-dealkylation sites (tertiary alicyclic amines) is 1. The van der Waals surface area contributed by atoms with Crippen molar-refractivity contribution in [3.8, 4) is 0 Å². The number of hydrogen-bond acceptors (Lipinski definition) is 3. The molecule has 1 fully saturated rings. The van der Waals surface area contributed by atoms with E-state index in [0.717, 1.165) is 11.3 Å². The molecule has 0 saturated carbocycles. The Hall–Kier alpha value is -1.49. The van der Waals surface area contributed by atoms with E-state index in [9.17, 15) is 14.7 Å². The number of piperidine rings is 1. The van der Waals surface area contributed by atoms with Crippen LogP contribution in [0.15, 0.2) is 23.1 Å². The van der Waals surface area contributed by atoms with Crippen LogP contribution in [0.5, 0.6) is 0 Å². The second-order valence-electron chi connectivity index (χ2n) is 5.97. The monoisotopic (exact) mass is 321 g/mol. The molecule has 2 rings (SSSR count). The van der Waals surface area contributed by atoms with Crippen molar-refractivity contribution in [3.63, 3.8) is 0 Å². The van der Waals surface area contributed by atoms with Crippen molar-refractivity contribution in [2.45, 2.75) is 44.6 Å². The molecular weight excluding hydrogens is 298 g/mol. The molecule has 0 aromatic heterocycles. The molecule has 0 bridgehead atoms. The molecule has 1 amide bonds. The normalized spacial score (nSPS) is 21.7. The number of carbonyl (C=O) groups excluding carboxylic acids is 1. The fourth-order valence-corrected chi connectivity index (χ4v) is 3.92. The maximum absolute atomic E-state index is 12.5. The Bertz CT molecular complexity index is 573. The lowest BCUT2D eigenvalue weighted by molar-refractivity contribution is -0.148. The van der Waals surface area contributed by atoms with E-state index in [0.29, 0.717) is 18.7 Å². The largest absolute Gasteiger partial charge is 0.481 e. The van der Waals surface area contributed by atoms with Gasteiger partial charge in [-0.1, -0.05) is 17.7 Å². The van der Waals surface area contributed by atoms with Gasteiger partial charge in [0.25, 0.3) is 0 Å². The summed E-state index contributed by atoms with van der Waals surface area (Å²) in [7, 11) is 0. The number of rotatable bonds is 4. The quantitative estimate of drug-likeness (QED) is 0.866. The second kappa shape index (κ2) is 7.18. The molecule has 1 heterocycles. The first-order chi connectivity index (χ1) is 10.4. The number of carboxylic acid groups (broad SMARTS) is 1. The van der Waals surface area contributed by atoms with Gasteiger partial charge >= 0.3 is 5.97 Å². The van der Waals surface area contributed by atoms with Crippen LogP contribution in [-0.2, 0) is 9.59 Å². The van der Waals surface area contributed by atoms with Crippen molar-refractivity contribution in [1.29, 1.82) is 0 Å². The molecule has 1 aliphatic rings. The Kier molecular flexibility index (Phi) is 5.51. The van der Waals surface area contributed by atoms with E-state index in [2.05, 4.69) is 18.2 Å². The van der Waals surface area contributed by atoms with E-state index in [1.165, 1.54) is 22.9 Å². The molecular formula is C17H23NO3S. The van der Waals surface area contributed by atoms with Crippen LogP contribution < -0.4 is 0 Å². The van der Waals surface area contributed by atoms with Gasteiger partial charge in [-0.25, -0.2) is 0 Å². The lowest BCUT2D eigenvalue weighted by Gasteiger charge is -2.37. The van der Waals surface area contributed by atoms with Gasteiger partial charge in [0.05, 0.1) is 11.7 Å². The highest BCUT2D eigenvalue weighted by Gasteiger charge is 2.35. The van der Waals surface area contributed by atoms with Crippen LogP contribution in [0.25, 0.3) is 0 Å². The van der Waals surface area contributed by atoms with Crippen LogP contribution in [0, 0.1) is 19.8 Å². The standard InChI is InChI=1S/C17H23NO3S/c1-11-6-7-12(2)15(9-11)22-10-16(19)18-8-4-5-14(13(18)3)17(20)21/h6-7,9,13-14H,4-5,8,10H2,1-3H3,(H,20,21)/t13-,14-/m1/s1. The fourth-order valence-electron chi connectivity index (χ4n) is 2.91. The van der Waals surface area contributed by atoms with Gasteiger partial charge in [-0.05, 0) is 45.2 Å². The van der Waals surface area contributed by atoms with Crippen LogP contribution >= 0.6 is 11.8 Å². The second-order valence-corrected chi connectivity index (χ2v) is 6.99. The summed E-state index contributed by atoms with van der Waals surface area (Å²) in [6.45, 7) is 6.58. The minimum Gasteiger partial charge on any atom is -0.481 e. The van der Waals surface area contributed by atoms with Gasteiger partial charge in [0.2, 0.25) is 5.91 Å². The maximum atomic E-state index is 12.5. The van der Waals surface area contributed by atoms with Crippen LogP contribution in [0.1, 0.15) is 30.9 Å². The highest BCUT2D eigenvalue weighted by molar-refractivity contribution is 8.00. The number of nitrogens with zero attached hydrogens (tertiary/aromatic N) is 1. The van der Waals surface area contributed by atoms with Crippen LogP contribution in [0.2, 0.25) is 0 Å². The van der Waals surface area contributed by atoms with E-state index in [-0.39, 0.29) is 11.9 Å². The average molecular weight is 321 g/mol. The summed E-state index contributed by atoms with van der Waals surface area (Å²) in [5.41, 5.74) is 2.34. The third-order valence-electron chi connectivity index (χ3n) is 4.32. The first kappa shape index (κ1) is 16.9. The van der Waals surface area contributed by atoms with Gasteiger partial charge in [-0.3, -0.25) is 9.59 Å². The smallest absolute Gasteiger partial charge is 0.308 e. The summed E-state index contributed by atoms with van der Waals surface area (Å²) in [5.74, 6) is -0.846. The molecule has 1 N–H and O–H groups in total. The Balaban J connectivity index is 1.99. The zero-order valence-electron chi connectivity index (χ0n) is 13.3. The highest BCUT2D eigenvalue weighted by atomic mass is 32.2. The average Bonchev–Trinajstić information content (AvgIpc) is 2.47. The summed E-state index contributed by atoms with van der Waals surface area (Å²) in [4.78, 5) is 26.6. The maximum Gasteiger partial charge on any atom is 0.308 e. The lowest BCUT2D eigenvalue weighted by Crippen LogP contribution is -2.49. The number of aliphatic carboxylic acids is 1. The summed E-state index contributed by atoms with van der Waals surface area (Å²) in [6.07, 6.45) is 1.42. The predicted molar refractivity (Wildman–Crippen MR) is 88.2 cm³/mol. The number of thioether (sulfide) groups is 1. The van der Waals surface area contributed by atoms with Crippen molar-refractivity contribution in [2.24, 2.45) is 5.92 Å². The van der Waals surface area contributed by atoms with Crippen molar-refractivity contribution in [1.82, 2.24) is 4.90 Å². The molecule has 22 heavy (non-hydrogen) atoms. The first-order valence-electron chi connectivity index (χ1n) is 7.62. The topological polar surface area (TPSA) is 57.6 Å². The number of benzene rings is 1. The summed E-state index contributed by atoms with van der Waals surface area (Å²) >= 11 is 1.54. The number of amides is 1. The molecule has 0 radical (unpaired) electrons. The number of carboxylic acids is 1. The number of carbonyl (C=O) groups is 2. The molecule has 0 aliphatic carbocycles. The summed E-state index contributed by atoms with van der Waals surface area (Å²) in [6, 6.07) is 5.99. The Morgan fingerprint density at radius 3 is 2.77 bits per heavy atom. The van der Waals surface area contributed by atoms with E-state index >= 15 is 0 Å². The molecule has 1 aromatic rings. The van der Waals surface area contributed by atoms with E-state index in [1.54, 1.807) is 4.90 Å². The minimum atomic E-state index is -0.799. The first-order valence-corrected chi connectivity index (χ1v) is 8.61. The molecule has 5 heteroatoms.